The fourth-order valence-corrected chi connectivity index (χ4v) is 8.29. The maximum Gasteiger partial charge on any atom is 0.312 e. The molecule has 6 heteroatoms. The lowest BCUT2D eigenvalue weighted by atomic mass is 9.51. The third-order valence-electron chi connectivity index (χ3n) is 8.79. The van der Waals surface area contributed by atoms with Crippen LogP contribution in [0.15, 0.2) is 12.2 Å². The molecule has 1 heterocycles. The van der Waals surface area contributed by atoms with E-state index in [-0.39, 0.29) is 30.8 Å². The summed E-state index contributed by atoms with van der Waals surface area (Å²) < 4.78 is 5.61. The average molecular weight is 362 g/mol. The molecule has 4 bridgehead atoms. The Morgan fingerprint density at radius 3 is 2.69 bits per heavy atom. The van der Waals surface area contributed by atoms with Gasteiger partial charge in [0.2, 0.25) is 0 Å². The van der Waals surface area contributed by atoms with E-state index in [0.717, 1.165) is 12.8 Å². The molecular weight excluding hydrogens is 336 g/mol. The number of aliphatic hydroxyl groups excluding tert-OH is 1. The van der Waals surface area contributed by atoms with Crippen molar-refractivity contribution in [2.45, 2.75) is 57.2 Å². The van der Waals surface area contributed by atoms with Gasteiger partial charge in [-0.3, -0.25) is 9.59 Å². The van der Waals surface area contributed by atoms with Crippen LogP contribution in [0.4, 0.5) is 0 Å². The normalized spacial score (nSPS) is 57.3. The van der Waals surface area contributed by atoms with Gasteiger partial charge in [-0.05, 0) is 49.5 Å². The van der Waals surface area contributed by atoms with Gasteiger partial charge in [-0.25, -0.2) is 0 Å². The minimum absolute atomic E-state index is 0.185. The molecule has 1 saturated heterocycles. The van der Waals surface area contributed by atoms with Crippen LogP contribution in [-0.2, 0) is 14.3 Å². The highest BCUT2D eigenvalue weighted by Crippen LogP contribution is 2.79. The van der Waals surface area contributed by atoms with Gasteiger partial charge >= 0.3 is 11.9 Å². The number of cyclic esters (lactones) is 1. The smallest absolute Gasteiger partial charge is 0.312 e. The molecule has 4 saturated carbocycles. The first-order valence-electron chi connectivity index (χ1n) is 9.60. The monoisotopic (exact) mass is 362 g/mol. The number of carboxylic acid groups (broad SMARTS) is 1. The Morgan fingerprint density at radius 1 is 1.27 bits per heavy atom. The van der Waals surface area contributed by atoms with Gasteiger partial charge in [-0.2, -0.15) is 0 Å². The van der Waals surface area contributed by atoms with Gasteiger partial charge in [0.1, 0.15) is 0 Å². The van der Waals surface area contributed by atoms with Crippen LogP contribution < -0.4 is 0 Å². The largest absolute Gasteiger partial charge is 0.481 e. The van der Waals surface area contributed by atoms with Crippen molar-refractivity contribution in [1.82, 2.24) is 0 Å². The molecule has 0 radical (unpaired) electrons. The number of carbonyl (C=O) groups is 2. The first-order chi connectivity index (χ1) is 12.1. The summed E-state index contributed by atoms with van der Waals surface area (Å²) in [7, 11) is 0. The average Bonchev–Trinajstić information content (AvgIpc) is 2.91. The van der Waals surface area contributed by atoms with Crippen molar-refractivity contribution in [2.24, 2.45) is 34.0 Å². The zero-order valence-corrected chi connectivity index (χ0v) is 15.0. The lowest BCUT2D eigenvalue weighted by Gasteiger charge is -2.56. The third kappa shape index (κ3) is 1.55. The van der Waals surface area contributed by atoms with Crippen LogP contribution in [-0.4, -0.2) is 45.6 Å². The van der Waals surface area contributed by atoms with Gasteiger partial charge in [-0.15, -0.1) is 0 Å². The van der Waals surface area contributed by atoms with E-state index >= 15 is 0 Å². The summed E-state index contributed by atoms with van der Waals surface area (Å²) in [4.78, 5) is 25.3. The fraction of sp³-hybridized carbons (Fsp3) is 0.800. The third-order valence-corrected chi connectivity index (χ3v) is 8.79. The Labute approximate surface area is 152 Å². The van der Waals surface area contributed by atoms with Gasteiger partial charge in [0.25, 0.3) is 0 Å². The second-order valence-corrected chi connectivity index (χ2v) is 9.84. The number of ether oxygens (including phenoxy) is 1. The molecule has 5 rings (SSSR count). The van der Waals surface area contributed by atoms with Crippen molar-refractivity contribution >= 4 is 11.9 Å². The van der Waals surface area contributed by atoms with Crippen LogP contribution in [0.5, 0.6) is 0 Å². The Balaban J connectivity index is 1.78. The quantitative estimate of drug-likeness (QED) is 0.482. The molecule has 1 spiro atoms. The van der Waals surface area contributed by atoms with Gasteiger partial charge in [0.05, 0.1) is 29.6 Å². The highest BCUT2D eigenvalue weighted by molar-refractivity contribution is 5.82. The predicted molar refractivity (Wildman–Crippen MR) is 89.8 cm³/mol. The minimum atomic E-state index is -1.20. The Morgan fingerprint density at radius 2 is 2.00 bits per heavy atom. The summed E-state index contributed by atoms with van der Waals surface area (Å²) in [6.45, 7) is 6.06. The van der Waals surface area contributed by atoms with Crippen molar-refractivity contribution in [3.63, 3.8) is 0 Å². The van der Waals surface area contributed by atoms with Gasteiger partial charge in [0.15, 0.2) is 0 Å². The van der Waals surface area contributed by atoms with Crippen molar-refractivity contribution in [2.75, 3.05) is 6.61 Å². The number of fused-ring (bicyclic) bond motifs is 1. The van der Waals surface area contributed by atoms with Crippen LogP contribution in [0.25, 0.3) is 0 Å². The maximum atomic E-state index is 12.7. The number of esters is 1. The van der Waals surface area contributed by atoms with Crippen molar-refractivity contribution in [1.29, 1.82) is 0 Å². The zero-order valence-electron chi connectivity index (χ0n) is 15.0. The number of hydrogen-bond donors (Lipinski definition) is 3. The molecule has 26 heavy (non-hydrogen) atoms. The van der Waals surface area contributed by atoms with Crippen LogP contribution >= 0.6 is 0 Å². The molecule has 5 fully saturated rings. The number of rotatable bonds is 1. The van der Waals surface area contributed by atoms with Crippen molar-refractivity contribution in [3.8, 4) is 0 Å². The molecule has 6 nitrogen and oxygen atoms in total. The van der Waals surface area contributed by atoms with Crippen molar-refractivity contribution in [3.05, 3.63) is 12.2 Å². The van der Waals surface area contributed by atoms with E-state index in [4.69, 9.17) is 4.74 Å². The molecule has 0 amide bonds. The summed E-state index contributed by atoms with van der Waals surface area (Å²) in [6, 6.07) is 0. The molecule has 4 aliphatic carbocycles. The SMILES string of the molecule is C=C1C[C@]23C[C@@]1(O)C[C@H](O)[C@H]2[C@@]12CCC[C@@](C)(C(=O)OC1)[C@H]2[C@@H]3C(=O)O. The lowest BCUT2D eigenvalue weighted by molar-refractivity contribution is -0.206. The molecule has 8 atom stereocenters. The fourth-order valence-electron chi connectivity index (χ4n) is 8.29. The highest BCUT2D eigenvalue weighted by atomic mass is 16.5. The van der Waals surface area contributed by atoms with Crippen LogP contribution in [0, 0.1) is 34.0 Å². The lowest BCUT2D eigenvalue weighted by Crippen LogP contribution is -2.60. The summed E-state index contributed by atoms with van der Waals surface area (Å²) in [5.74, 6) is -2.65. The van der Waals surface area contributed by atoms with Gasteiger partial charge in [0, 0.05) is 17.8 Å². The summed E-state index contributed by atoms with van der Waals surface area (Å²) in [5.41, 5.74) is -2.68. The number of carbonyl (C=O) groups excluding carboxylic acids is 1. The molecule has 3 N–H and O–H groups in total. The molecule has 142 valence electrons. The van der Waals surface area contributed by atoms with Gasteiger partial charge < -0.3 is 20.1 Å². The first-order valence-corrected chi connectivity index (χ1v) is 9.60. The van der Waals surface area contributed by atoms with E-state index in [2.05, 4.69) is 6.58 Å². The van der Waals surface area contributed by atoms with E-state index in [1.165, 1.54) is 0 Å². The van der Waals surface area contributed by atoms with Crippen LogP contribution in [0.1, 0.15) is 45.4 Å². The first kappa shape index (κ1) is 16.8. The number of carboxylic acids is 1. The molecule has 0 aromatic rings. The summed E-state index contributed by atoms with van der Waals surface area (Å²) in [5, 5.41) is 32.4. The maximum absolute atomic E-state index is 12.7. The number of aliphatic hydroxyl groups is 2. The molecular formula is C20H26O6. The second kappa shape index (κ2) is 4.53. The second-order valence-electron chi connectivity index (χ2n) is 9.84. The van der Waals surface area contributed by atoms with Crippen molar-refractivity contribution < 1.29 is 29.6 Å². The zero-order chi connectivity index (χ0) is 18.7. The molecule has 0 unspecified atom stereocenters. The van der Waals surface area contributed by atoms with Crippen LogP contribution in [0.3, 0.4) is 0 Å². The van der Waals surface area contributed by atoms with E-state index in [0.29, 0.717) is 24.8 Å². The van der Waals surface area contributed by atoms with E-state index in [9.17, 15) is 24.9 Å². The molecule has 0 aromatic carbocycles. The Kier molecular flexibility index (Phi) is 2.92. The molecule has 0 aromatic heterocycles. The summed E-state index contributed by atoms with van der Waals surface area (Å²) in [6.07, 6.45) is 2.33. The molecule has 5 aliphatic rings. The molecule has 1 aliphatic heterocycles. The number of hydrogen-bond acceptors (Lipinski definition) is 5. The predicted octanol–water partition coefficient (Wildman–Crippen LogP) is 1.50. The van der Waals surface area contributed by atoms with E-state index in [1.807, 2.05) is 6.92 Å². The highest BCUT2D eigenvalue weighted by Gasteiger charge is 2.81. The minimum Gasteiger partial charge on any atom is -0.481 e. The van der Waals surface area contributed by atoms with Crippen LogP contribution in [0.2, 0.25) is 0 Å². The van der Waals surface area contributed by atoms with Gasteiger partial charge in [-0.1, -0.05) is 13.0 Å². The van der Waals surface area contributed by atoms with E-state index in [1.54, 1.807) is 0 Å². The Hall–Kier alpha value is -1.40. The summed E-state index contributed by atoms with van der Waals surface area (Å²) >= 11 is 0. The van der Waals surface area contributed by atoms with E-state index < -0.39 is 39.8 Å². The number of aliphatic carboxylic acids is 1. The Bertz CT molecular complexity index is 747. The topological polar surface area (TPSA) is 104 Å². The standard InChI is InChI=1S/C20H26O6/c1-10-6-19-8-20(10,25)7-11(21)13(19)18-5-3-4-17(2,16(24)26-9-18)14(18)12(19)15(22)23/h11-14,21,25H,1,3-9H2,2H3,(H,22,23)/t11-,12+,13-,14+,17+,18+,19+,20-/m0/s1.